The molecule has 146 valence electrons. The van der Waals surface area contributed by atoms with Crippen LogP contribution in [0.2, 0.25) is 5.02 Å². The van der Waals surface area contributed by atoms with Crippen molar-refractivity contribution >= 4 is 40.4 Å². The maximum atomic E-state index is 12.4. The number of urea groups is 1. The number of non-ortho nitro benzene ring substituents is 1. The maximum absolute atomic E-state index is 12.4. The van der Waals surface area contributed by atoms with Gasteiger partial charge in [-0.05, 0) is 24.3 Å². The van der Waals surface area contributed by atoms with Crippen LogP contribution in [-0.2, 0) is 0 Å². The predicted octanol–water partition coefficient (Wildman–Crippen LogP) is 3.51. The van der Waals surface area contributed by atoms with Crippen molar-refractivity contribution in [2.24, 2.45) is 0 Å². The van der Waals surface area contributed by atoms with E-state index in [0.29, 0.717) is 37.6 Å². The topological polar surface area (TPSA) is 122 Å². The molecule has 1 heterocycles. The van der Waals surface area contributed by atoms with Crippen LogP contribution in [0, 0.1) is 20.2 Å². The SMILES string of the molecule is O=C(Nc1ccc([N+](=O)[O-])cc1)N1CCN(c2ccc(Cl)cc2[N+](=O)[O-])CC1. The molecule has 28 heavy (non-hydrogen) atoms. The lowest BCUT2D eigenvalue weighted by Crippen LogP contribution is -2.50. The van der Waals surface area contributed by atoms with Gasteiger partial charge in [-0.3, -0.25) is 20.2 Å². The fourth-order valence-electron chi connectivity index (χ4n) is 2.93. The van der Waals surface area contributed by atoms with E-state index >= 15 is 0 Å². The second-order valence-electron chi connectivity index (χ2n) is 6.10. The number of hydrogen-bond acceptors (Lipinski definition) is 6. The Hall–Kier alpha value is -3.40. The van der Waals surface area contributed by atoms with E-state index in [1.807, 2.05) is 4.90 Å². The molecule has 0 saturated carbocycles. The Balaban J connectivity index is 1.61. The van der Waals surface area contributed by atoms with Gasteiger partial charge in [-0.1, -0.05) is 11.6 Å². The van der Waals surface area contributed by atoms with Crippen molar-refractivity contribution in [3.05, 3.63) is 67.7 Å². The smallest absolute Gasteiger partial charge is 0.321 e. The highest BCUT2D eigenvalue weighted by Gasteiger charge is 2.26. The maximum Gasteiger partial charge on any atom is 0.321 e. The number of piperazine rings is 1. The quantitative estimate of drug-likeness (QED) is 0.613. The summed E-state index contributed by atoms with van der Waals surface area (Å²) < 4.78 is 0. The fraction of sp³-hybridized carbons (Fsp3) is 0.235. The van der Waals surface area contributed by atoms with Gasteiger partial charge in [-0.2, -0.15) is 0 Å². The van der Waals surface area contributed by atoms with E-state index in [1.54, 1.807) is 17.0 Å². The van der Waals surface area contributed by atoms with Crippen molar-refractivity contribution in [2.75, 3.05) is 36.4 Å². The molecular formula is C17H16ClN5O5. The van der Waals surface area contributed by atoms with E-state index in [9.17, 15) is 25.0 Å². The lowest BCUT2D eigenvalue weighted by Gasteiger charge is -2.35. The summed E-state index contributed by atoms with van der Waals surface area (Å²) in [4.78, 5) is 36.7. The molecule has 1 aliphatic heterocycles. The highest BCUT2D eigenvalue weighted by molar-refractivity contribution is 6.30. The molecule has 2 amide bonds. The molecule has 1 N–H and O–H groups in total. The van der Waals surface area contributed by atoms with Crippen LogP contribution in [0.4, 0.5) is 27.5 Å². The Labute approximate surface area is 164 Å². The number of nitro groups is 2. The third-order valence-electron chi connectivity index (χ3n) is 4.37. The van der Waals surface area contributed by atoms with Gasteiger partial charge in [0.1, 0.15) is 5.69 Å². The molecule has 1 saturated heterocycles. The Bertz CT molecular complexity index is 913. The van der Waals surface area contributed by atoms with Gasteiger partial charge >= 0.3 is 6.03 Å². The summed E-state index contributed by atoms with van der Waals surface area (Å²) in [5, 5.41) is 24.9. The van der Waals surface area contributed by atoms with Crippen LogP contribution in [0.25, 0.3) is 0 Å². The first-order valence-electron chi connectivity index (χ1n) is 8.34. The molecule has 2 aromatic rings. The predicted molar refractivity (Wildman–Crippen MR) is 104 cm³/mol. The molecule has 10 nitrogen and oxygen atoms in total. The Morgan fingerprint density at radius 2 is 1.61 bits per heavy atom. The number of halogens is 1. The van der Waals surface area contributed by atoms with Gasteiger partial charge in [0.05, 0.1) is 9.85 Å². The lowest BCUT2D eigenvalue weighted by atomic mass is 10.2. The number of amides is 2. The monoisotopic (exact) mass is 405 g/mol. The van der Waals surface area contributed by atoms with E-state index in [0.717, 1.165) is 0 Å². The van der Waals surface area contributed by atoms with Gasteiger partial charge in [0.2, 0.25) is 0 Å². The highest BCUT2D eigenvalue weighted by atomic mass is 35.5. The summed E-state index contributed by atoms with van der Waals surface area (Å²) in [7, 11) is 0. The van der Waals surface area contributed by atoms with E-state index < -0.39 is 9.85 Å². The Kier molecular flexibility index (Phi) is 5.59. The summed E-state index contributed by atoms with van der Waals surface area (Å²) in [6.45, 7) is 1.60. The minimum Gasteiger partial charge on any atom is -0.362 e. The van der Waals surface area contributed by atoms with Crippen LogP contribution in [0.1, 0.15) is 0 Å². The zero-order chi connectivity index (χ0) is 20.3. The van der Waals surface area contributed by atoms with E-state index in [-0.39, 0.29) is 22.4 Å². The first-order chi connectivity index (χ1) is 13.3. The molecule has 2 aromatic carbocycles. The largest absolute Gasteiger partial charge is 0.362 e. The van der Waals surface area contributed by atoms with Crippen molar-refractivity contribution in [1.29, 1.82) is 0 Å². The van der Waals surface area contributed by atoms with Crippen molar-refractivity contribution in [3.8, 4) is 0 Å². The molecule has 0 atom stereocenters. The Morgan fingerprint density at radius 3 is 2.18 bits per heavy atom. The van der Waals surface area contributed by atoms with Crippen molar-refractivity contribution in [2.45, 2.75) is 0 Å². The minimum atomic E-state index is -0.513. The zero-order valence-electron chi connectivity index (χ0n) is 14.6. The van der Waals surface area contributed by atoms with E-state index in [1.165, 1.54) is 30.3 Å². The van der Waals surface area contributed by atoms with Crippen molar-refractivity contribution < 1.29 is 14.6 Å². The number of carbonyl (C=O) groups excluding carboxylic acids is 1. The molecule has 0 unspecified atom stereocenters. The molecule has 1 aliphatic rings. The number of nitrogens with one attached hydrogen (secondary N) is 1. The fourth-order valence-corrected chi connectivity index (χ4v) is 3.10. The summed E-state index contributed by atoms with van der Waals surface area (Å²) in [6, 6.07) is 9.72. The van der Waals surface area contributed by atoms with Crippen LogP contribution in [0.5, 0.6) is 0 Å². The van der Waals surface area contributed by atoms with Crippen LogP contribution >= 0.6 is 11.6 Å². The summed E-state index contributed by atoms with van der Waals surface area (Å²) in [5.74, 6) is 0. The summed E-state index contributed by atoms with van der Waals surface area (Å²) >= 11 is 5.85. The second kappa shape index (κ2) is 8.09. The first kappa shape index (κ1) is 19.4. The van der Waals surface area contributed by atoms with Crippen molar-refractivity contribution in [3.63, 3.8) is 0 Å². The number of carbonyl (C=O) groups is 1. The number of nitrogens with zero attached hydrogens (tertiary/aromatic N) is 4. The third-order valence-corrected chi connectivity index (χ3v) is 4.61. The standard InChI is InChI=1S/C17H16ClN5O5/c18-12-1-6-15(16(11-12)23(27)28)20-7-9-21(10-8-20)17(24)19-13-2-4-14(5-3-13)22(25)26/h1-6,11H,7-10H2,(H,19,24). The number of anilines is 2. The van der Waals surface area contributed by atoms with Gasteiger partial charge in [0, 0.05) is 55.1 Å². The average Bonchev–Trinajstić information content (AvgIpc) is 2.68. The Morgan fingerprint density at radius 1 is 0.964 bits per heavy atom. The van der Waals surface area contributed by atoms with Crippen molar-refractivity contribution in [1.82, 2.24) is 4.90 Å². The van der Waals surface area contributed by atoms with Crippen LogP contribution in [-0.4, -0.2) is 47.0 Å². The third kappa shape index (κ3) is 4.29. The van der Waals surface area contributed by atoms with Gasteiger partial charge in [-0.15, -0.1) is 0 Å². The molecule has 3 rings (SSSR count). The molecular weight excluding hydrogens is 390 g/mol. The molecule has 0 spiro atoms. The van der Waals surface area contributed by atoms with Gasteiger partial charge < -0.3 is 15.1 Å². The van der Waals surface area contributed by atoms with Crippen LogP contribution in [0.3, 0.4) is 0 Å². The number of nitro benzene ring substituents is 2. The van der Waals surface area contributed by atoms with E-state index in [2.05, 4.69) is 5.32 Å². The average molecular weight is 406 g/mol. The summed E-state index contributed by atoms with van der Waals surface area (Å²) in [6.07, 6.45) is 0. The highest BCUT2D eigenvalue weighted by Crippen LogP contribution is 2.31. The molecule has 0 aliphatic carbocycles. The lowest BCUT2D eigenvalue weighted by molar-refractivity contribution is -0.384. The second-order valence-corrected chi connectivity index (χ2v) is 6.53. The van der Waals surface area contributed by atoms with E-state index in [4.69, 9.17) is 11.6 Å². The number of benzene rings is 2. The minimum absolute atomic E-state index is 0.0591. The first-order valence-corrected chi connectivity index (χ1v) is 8.72. The zero-order valence-corrected chi connectivity index (χ0v) is 15.3. The molecule has 0 bridgehead atoms. The molecule has 11 heteroatoms. The summed E-state index contributed by atoms with van der Waals surface area (Å²) in [5.41, 5.74) is 0.781. The molecule has 0 aromatic heterocycles. The normalized spacial score (nSPS) is 13.9. The number of rotatable bonds is 4. The van der Waals surface area contributed by atoms with Gasteiger partial charge in [0.15, 0.2) is 0 Å². The van der Waals surface area contributed by atoms with Gasteiger partial charge in [0.25, 0.3) is 11.4 Å². The molecule has 0 radical (unpaired) electrons. The number of hydrogen-bond donors (Lipinski definition) is 1. The van der Waals surface area contributed by atoms with Gasteiger partial charge in [-0.25, -0.2) is 4.79 Å². The van der Waals surface area contributed by atoms with Crippen LogP contribution in [0.15, 0.2) is 42.5 Å². The van der Waals surface area contributed by atoms with Crippen LogP contribution < -0.4 is 10.2 Å². The molecule has 1 fully saturated rings.